The van der Waals surface area contributed by atoms with E-state index in [-0.39, 0.29) is 12.0 Å². The second kappa shape index (κ2) is 5.04. The smallest absolute Gasteiger partial charge is 0.287 e. The fourth-order valence-corrected chi connectivity index (χ4v) is 1.53. The van der Waals surface area contributed by atoms with Crippen LogP contribution in [0.5, 0.6) is 0 Å². The van der Waals surface area contributed by atoms with Gasteiger partial charge in [0.2, 0.25) is 5.78 Å². The summed E-state index contributed by atoms with van der Waals surface area (Å²) in [4.78, 5) is 11.3. The second-order valence-electron chi connectivity index (χ2n) is 3.81. The summed E-state index contributed by atoms with van der Waals surface area (Å²) in [5.41, 5.74) is -0.365. The molecule has 0 aliphatic heterocycles. The summed E-state index contributed by atoms with van der Waals surface area (Å²) in [5.74, 6) is -7.55. The highest BCUT2D eigenvalue weighted by atomic mass is 19.4. The lowest BCUT2D eigenvalue weighted by Gasteiger charge is -2.19. The van der Waals surface area contributed by atoms with E-state index in [0.29, 0.717) is 6.42 Å². The van der Waals surface area contributed by atoms with Gasteiger partial charge in [0.25, 0.3) is 0 Å². The van der Waals surface area contributed by atoms with Gasteiger partial charge >= 0.3 is 12.1 Å². The van der Waals surface area contributed by atoms with Gasteiger partial charge < -0.3 is 0 Å². The molecule has 0 aromatic heterocycles. The first kappa shape index (κ1) is 14.6. The number of rotatable bonds is 4. The second-order valence-corrected chi connectivity index (χ2v) is 3.81. The van der Waals surface area contributed by atoms with Crippen molar-refractivity contribution < 1.29 is 26.7 Å². The molecule has 1 aromatic carbocycles. The average Bonchev–Trinajstić information content (AvgIpc) is 2.28. The first-order chi connectivity index (χ1) is 8.21. The van der Waals surface area contributed by atoms with E-state index >= 15 is 0 Å². The van der Waals surface area contributed by atoms with Gasteiger partial charge in [-0.25, -0.2) is 0 Å². The third kappa shape index (κ3) is 2.68. The number of benzene rings is 1. The number of hydrogen-bond acceptors (Lipinski definition) is 1. The highest BCUT2D eigenvalue weighted by molar-refractivity contribution is 6.03. The summed E-state index contributed by atoms with van der Waals surface area (Å²) in [5, 5.41) is 0. The zero-order valence-electron chi connectivity index (χ0n) is 9.52. The monoisotopic (exact) mass is 266 g/mol. The number of hydrogen-bond donors (Lipinski definition) is 0. The van der Waals surface area contributed by atoms with Crippen LogP contribution < -0.4 is 0 Å². The molecule has 100 valence electrons. The molecule has 0 saturated heterocycles. The van der Waals surface area contributed by atoms with Crippen molar-refractivity contribution in [3.05, 3.63) is 35.4 Å². The van der Waals surface area contributed by atoms with Gasteiger partial charge in [0.15, 0.2) is 0 Å². The van der Waals surface area contributed by atoms with Crippen molar-refractivity contribution in [3.8, 4) is 0 Å². The Bertz CT molecular complexity index is 436. The van der Waals surface area contributed by atoms with Crippen LogP contribution in [-0.4, -0.2) is 17.9 Å². The van der Waals surface area contributed by atoms with Crippen LogP contribution in [0, 0.1) is 0 Å². The Morgan fingerprint density at radius 3 is 2.17 bits per heavy atom. The molecule has 0 heterocycles. The lowest BCUT2D eigenvalue weighted by Crippen LogP contribution is -2.44. The number of alkyl halides is 5. The minimum atomic E-state index is -5.87. The fraction of sp³-hybridized carbons (Fsp3) is 0.417. The van der Waals surface area contributed by atoms with Crippen molar-refractivity contribution >= 4 is 5.78 Å². The van der Waals surface area contributed by atoms with Gasteiger partial charge in [-0.05, 0) is 12.0 Å². The molecule has 0 amide bonds. The predicted molar refractivity (Wildman–Crippen MR) is 55.8 cm³/mol. The topological polar surface area (TPSA) is 17.1 Å². The van der Waals surface area contributed by atoms with Gasteiger partial charge in [0, 0.05) is 5.56 Å². The minimum Gasteiger partial charge on any atom is -0.287 e. The van der Waals surface area contributed by atoms with Gasteiger partial charge in [0.05, 0.1) is 0 Å². The third-order valence-electron chi connectivity index (χ3n) is 2.42. The van der Waals surface area contributed by atoms with Crippen molar-refractivity contribution in [2.45, 2.75) is 31.9 Å². The van der Waals surface area contributed by atoms with Crippen LogP contribution in [-0.2, 0) is 6.42 Å². The minimum absolute atomic E-state index is 0.203. The van der Waals surface area contributed by atoms with Crippen LogP contribution in [0.2, 0.25) is 0 Å². The molecule has 0 N–H and O–H groups in total. The maximum atomic E-state index is 13.0. The summed E-state index contributed by atoms with van der Waals surface area (Å²) >= 11 is 0. The molecule has 18 heavy (non-hydrogen) atoms. The van der Waals surface area contributed by atoms with Crippen LogP contribution in [0.25, 0.3) is 0 Å². The molecule has 0 saturated carbocycles. The standard InChI is InChI=1S/C12H11F5O/c1-2-5-8-6-3-4-7-9(8)10(18)11(13,14)12(15,16)17/h3-4,6-7H,2,5H2,1H3. The van der Waals surface area contributed by atoms with Crippen LogP contribution in [0.4, 0.5) is 22.0 Å². The van der Waals surface area contributed by atoms with E-state index in [2.05, 4.69) is 0 Å². The Labute approximate surface area is 101 Å². The maximum Gasteiger partial charge on any atom is 0.461 e. The molecule has 1 nitrogen and oxygen atoms in total. The van der Waals surface area contributed by atoms with Crippen molar-refractivity contribution in [2.75, 3.05) is 0 Å². The molecule has 0 bridgehead atoms. The van der Waals surface area contributed by atoms with Crippen LogP contribution >= 0.6 is 0 Å². The quantitative estimate of drug-likeness (QED) is 0.594. The summed E-state index contributed by atoms with van der Waals surface area (Å²) < 4.78 is 62.3. The number of Topliss-reactive ketones (excluding diaryl/α,β-unsaturated/α-hetero) is 1. The van der Waals surface area contributed by atoms with E-state index in [0.717, 1.165) is 6.07 Å². The molecule has 1 rings (SSSR count). The van der Waals surface area contributed by atoms with E-state index in [1.54, 1.807) is 6.92 Å². The number of halogens is 5. The summed E-state index contributed by atoms with van der Waals surface area (Å²) in [6.07, 6.45) is -5.05. The molecule has 0 unspecified atom stereocenters. The molecule has 0 spiro atoms. The van der Waals surface area contributed by atoms with Crippen LogP contribution in [0.3, 0.4) is 0 Å². The number of carbonyl (C=O) groups excluding carboxylic acids is 1. The van der Waals surface area contributed by atoms with E-state index in [1.807, 2.05) is 0 Å². The molecular weight excluding hydrogens is 255 g/mol. The Morgan fingerprint density at radius 2 is 1.67 bits per heavy atom. The number of aryl methyl sites for hydroxylation is 1. The lowest BCUT2D eigenvalue weighted by molar-refractivity contribution is -0.255. The van der Waals surface area contributed by atoms with Gasteiger partial charge in [-0.15, -0.1) is 0 Å². The Hall–Kier alpha value is -1.46. The predicted octanol–water partition coefficient (Wildman–Crippen LogP) is 4.02. The van der Waals surface area contributed by atoms with Gasteiger partial charge in [0.1, 0.15) is 0 Å². The normalized spacial score (nSPS) is 12.6. The summed E-state index contributed by atoms with van der Waals surface area (Å²) in [6, 6.07) is 5.13. The molecule has 0 aliphatic carbocycles. The van der Waals surface area contributed by atoms with Gasteiger partial charge in [-0.1, -0.05) is 37.6 Å². The van der Waals surface area contributed by atoms with E-state index < -0.39 is 23.4 Å². The summed E-state index contributed by atoms with van der Waals surface area (Å²) in [6.45, 7) is 1.74. The van der Waals surface area contributed by atoms with Crippen molar-refractivity contribution in [1.29, 1.82) is 0 Å². The fourth-order valence-electron chi connectivity index (χ4n) is 1.53. The first-order valence-corrected chi connectivity index (χ1v) is 5.29. The summed E-state index contributed by atoms with van der Waals surface area (Å²) in [7, 11) is 0. The molecule has 0 aliphatic rings. The molecule has 1 aromatic rings. The van der Waals surface area contributed by atoms with Crippen molar-refractivity contribution in [1.82, 2.24) is 0 Å². The Morgan fingerprint density at radius 1 is 1.11 bits per heavy atom. The van der Waals surface area contributed by atoms with E-state index in [9.17, 15) is 26.7 Å². The third-order valence-corrected chi connectivity index (χ3v) is 2.42. The van der Waals surface area contributed by atoms with Crippen molar-refractivity contribution in [3.63, 3.8) is 0 Å². The zero-order valence-corrected chi connectivity index (χ0v) is 9.52. The molecule has 0 radical (unpaired) electrons. The SMILES string of the molecule is CCCc1ccccc1C(=O)C(F)(F)C(F)(F)F. The van der Waals surface area contributed by atoms with Crippen LogP contribution in [0.15, 0.2) is 24.3 Å². The maximum absolute atomic E-state index is 13.0. The first-order valence-electron chi connectivity index (χ1n) is 5.29. The zero-order chi connectivity index (χ0) is 14.0. The Kier molecular flexibility index (Phi) is 4.09. The number of carbonyl (C=O) groups is 1. The lowest BCUT2D eigenvalue weighted by atomic mass is 9.96. The van der Waals surface area contributed by atoms with Gasteiger partial charge in [-0.3, -0.25) is 4.79 Å². The molecule has 0 fully saturated rings. The Balaban J connectivity index is 3.19. The molecular formula is C12H11F5O. The number of ketones is 1. The molecule has 6 heteroatoms. The van der Waals surface area contributed by atoms with Crippen molar-refractivity contribution in [2.24, 2.45) is 0 Å². The van der Waals surface area contributed by atoms with Gasteiger partial charge in [-0.2, -0.15) is 22.0 Å². The van der Waals surface area contributed by atoms with E-state index in [4.69, 9.17) is 0 Å². The largest absolute Gasteiger partial charge is 0.461 e. The van der Waals surface area contributed by atoms with Crippen LogP contribution in [0.1, 0.15) is 29.3 Å². The highest BCUT2D eigenvalue weighted by Crippen LogP contribution is 2.38. The van der Waals surface area contributed by atoms with E-state index in [1.165, 1.54) is 18.2 Å². The average molecular weight is 266 g/mol. The highest BCUT2D eigenvalue weighted by Gasteiger charge is 2.63. The molecule has 0 atom stereocenters.